The van der Waals surface area contributed by atoms with Gasteiger partial charge in [0.2, 0.25) is 0 Å². The molecule has 210 valence electrons. The number of dihydropyridines is 1. The van der Waals surface area contributed by atoms with Gasteiger partial charge in [-0.3, -0.25) is 9.79 Å². The molecule has 2 aliphatic rings. The van der Waals surface area contributed by atoms with Crippen LogP contribution in [0, 0.1) is 23.1 Å². The lowest BCUT2D eigenvalue weighted by Gasteiger charge is -2.45. The van der Waals surface area contributed by atoms with E-state index in [1.807, 2.05) is 25.1 Å². The smallest absolute Gasteiger partial charge is 0.319 e. The van der Waals surface area contributed by atoms with Gasteiger partial charge < -0.3 is 11.1 Å². The predicted octanol–water partition coefficient (Wildman–Crippen LogP) is 6.06. The van der Waals surface area contributed by atoms with E-state index < -0.39 is 40.4 Å². The Morgan fingerprint density at radius 2 is 2.00 bits per heavy atom. The van der Waals surface area contributed by atoms with E-state index in [1.165, 1.54) is 36.4 Å². The van der Waals surface area contributed by atoms with Crippen molar-refractivity contribution in [2.45, 2.75) is 43.4 Å². The van der Waals surface area contributed by atoms with Gasteiger partial charge in [0.1, 0.15) is 11.5 Å². The number of nitrogens with one attached hydrogen (secondary N) is 1. The minimum absolute atomic E-state index is 0.0599. The number of hydrogen-bond donors (Lipinski definition) is 2. The second kappa shape index (κ2) is 10.4. The molecule has 0 saturated carbocycles. The van der Waals surface area contributed by atoms with Crippen LogP contribution in [0.3, 0.4) is 0 Å². The van der Waals surface area contributed by atoms with Gasteiger partial charge in [0.25, 0.3) is 5.91 Å². The molecule has 1 aromatic heterocycles. The Morgan fingerprint density at radius 3 is 2.66 bits per heavy atom. The van der Waals surface area contributed by atoms with E-state index in [0.717, 1.165) is 11.1 Å². The van der Waals surface area contributed by atoms with Gasteiger partial charge in [0.05, 0.1) is 34.1 Å². The molecule has 2 aromatic carbocycles. The number of nitrogens with two attached hydrogens (primary N) is 1. The average Bonchev–Trinajstić information content (AvgIpc) is 3.67. The van der Waals surface area contributed by atoms with Crippen LogP contribution in [0.1, 0.15) is 53.5 Å². The Bertz CT molecular complexity index is 1630. The molecule has 0 spiro atoms. The number of benzene rings is 2. The minimum Gasteiger partial charge on any atom is -0.319 e. The molecule has 0 bridgehead atoms. The van der Waals surface area contributed by atoms with E-state index in [0.29, 0.717) is 30.4 Å². The molecule has 0 radical (unpaired) electrons. The van der Waals surface area contributed by atoms with Crippen LogP contribution in [0.4, 0.5) is 23.2 Å². The second-order valence-electron chi connectivity index (χ2n) is 10.4. The molecule has 11 heteroatoms. The van der Waals surface area contributed by atoms with Gasteiger partial charge >= 0.3 is 6.18 Å². The van der Waals surface area contributed by atoms with Gasteiger partial charge in [-0.25, -0.2) is 9.07 Å². The van der Waals surface area contributed by atoms with Crippen LogP contribution in [-0.4, -0.2) is 27.4 Å². The molecule has 0 fully saturated rings. The number of nitrogens with zero attached hydrogens (tertiary/aromatic N) is 4. The van der Waals surface area contributed by atoms with E-state index in [4.69, 9.17) is 5.73 Å². The molecule has 2 atom stereocenters. The zero-order valence-electron chi connectivity index (χ0n) is 22.0. The third-order valence-corrected chi connectivity index (χ3v) is 7.58. The molecule has 1 amide bonds. The standard InChI is InChI=1S/C30H26F4N6O/c1-28(12-2-3-14-37-28)29(36,13-11-19-7-8-19)21-9-10-23(31)24(16-21)38-27(41)25-17-26(30(32,33)34)39-40(25)22-6-4-5-20(15-22)18-35/h2-10,14-17,19H,11-13,36H2,1H3,(H,38,41). The average molecular weight is 563 g/mol. The van der Waals surface area contributed by atoms with Crippen molar-refractivity contribution < 1.29 is 22.4 Å². The number of nitriles is 1. The third kappa shape index (κ3) is 5.56. The molecule has 41 heavy (non-hydrogen) atoms. The highest BCUT2D eigenvalue weighted by Gasteiger charge is 2.46. The molecule has 7 nitrogen and oxygen atoms in total. The Kier molecular flexibility index (Phi) is 7.13. The summed E-state index contributed by atoms with van der Waals surface area (Å²) in [6, 6.07) is 12.2. The Balaban J connectivity index is 1.52. The summed E-state index contributed by atoms with van der Waals surface area (Å²) in [4.78, 5) is 18.0. The highest BCUT2D eigenvalue weighted by Crippen LogP contribution is 2.44. The fourth-order valence-electron chi connectivity index (χ4n) is 4.98. The molecule has 3 aromatic rings. The quantitative estimate of drug-likeness (QED) is 0.257. The molecule has 0 saturated heterocycles. The van der Waals surface area contributed by atoms with Gasteiger partial charge in [0, 0.05) is 12.3 Å². The maximum Gasteiger partial charge on any atom is 0.435 e. The van der Waals surface area contributed by atoms with Crippen LogP contribution in [0.15, 0.2) is 77.8 Å². The first kappa shape index (κ1) is 28.0. The van der Waals surface area contributed by atoms with E-state index in [-0.39, 0.29) is 16.9 Å². The highest BCUT2D eigenvalue weighted by atomic mass is 19.4. The maximum atomic E-state index is 15.1. The van der Waals surface area contributed by atoms with Gasteiger partial charge in [-0.1, -0.05) is 30.4 Å². The van der Waals surface area contributed by atoms with Gasteiger partial charge in [0.15, 0.2) is 5.69 Å². The summed E-state index contributed by atoms with van der Waals surface area (Å²) in [6.45, 7) is 1.92. The van der Waals surface area contributed by atoms with Gasteiger partial charge in [-0.05, 0) is 74.1 Å². The molecule has 3 N–H and O–H groups in total. The van der Waals surface area contributed by atoms with E-state index >= 15 is 4.39 Å². The summed E-state index contributed by atoms with van der Waals surface area (Å²) in [7, 11) is 0. The number of anilines is 1. The van der Waals surface area contributed by atoms with Crippen molar-refractivity contribution in [2.24, 2.45) is 16.6 Å². The Hall–Kier alpha value is -4.56. The van der Waals surface area contributed by atoms with Crippen molar-refractivity contribution in [1.29, 1.82) is 5.26 Å². The summed E-state index contributed by atoms with van der Waals surface area (Å²) in [5, 5.41) is 15.2. The maximum absolute atomic E-state index is 15.1. The normalized spacial score (nSPS) is 19.5. The van der Waals surface area contributed by atoms with Crippen LogP contribution < -0.4 is 11.1 Å². The summed E-state index contributed by atoms with van der Waals surface area (Å²) >= 11 is 0. The van der Waals surface area contributed by atoms with Crippen LogP contribution in [0.25, 0.3) is 5.69 Å². The van der Waals surface area contributed by atoms with Crippen molar-refractivity contribution in [3.8, 4) is 11.8 Å². The number of amides is 1. The van der Waals surface area contributed by atoms with Crippen molar-refractivity contribution >= 4 is 17.8 Å². The van der Waals surface area contributed by atoms with Crippen molar-refractivity contribution in [3.63, 3.8) is 0 Å². The monoisotopic (exact) mass is 562 g/mol. The second-order valence-corrected chi connectivity index (χ2v) is 10.4. The largest absolute Gasteiger partial charge is 0.435 e. The van der Waals surface area contributed by atoms with Crippen molar-refractivity contribution in [1.82, 2.24) is 9.78 Å². The lowest BCUT2D eigenvalue weighted by atomic mass is 9.68. The summed E-state index contributed by atoms with van der Waals surface area (Å²) < 4.78 is 56.6. The fourth-order valence-corrected chi connectivity index (χ4v) is 4.98. The molecular weight excluding hydrogens is 536 g/mol. The molecule has 1 aliphatic carbocycles. The first-order chi connectivity index (χ1) is 19.4. The number of allylic oxidation sites excluding steroid dienone is 3. The number of carbonyl (C=O) groups excluding carboxylic acids is 1. The number of aromatic nitrogens is 2. The number of carbonyl (C=O) groups is 1. The van der Waals surface area contributed by atoms with Crippen LogP contribution in [-0.2, 0) is 11.7 Å². The van der Waals surface area contributed by atoms with Crippen molar-refractivity contribution in [2.75, 3.05) is 5.32 Å². The zero-order valence-corrected chi connectivity index (χ0v) is 22.0. The first-order valence-corrected chi connectivity index (χ1v) is 12.9. The van der Waals surface area contributed by atoms with Crippen LogP contribution in [0.5, 0.6) is 0 Å². The number of halogens is 4. The van der Waals surface area contributed by atoms with Gasteiger partial charge in [-0.15, -0.1) is 0 Å². The number of rotatable bonds is 8. The van der Waals surface area contributed by atoms with Gasteiger partial charge in [-0.2, -0.15) is 23.5 Å². The molecule has 1 aliphatic heterocycles. The molecule has 2 unspecified atom stereocenters. The zero-order chi connectivity index (χ0) is 29.4. The minimum atomic E-state index is -4.85. The summed E-state index contributed by atoms with van der Waals surface area (Å²) in [6.07, 6.45) is 6.54. The topological polar surface area (TPSA) is 109 Å². The van der Waals surface area contributed by atoms with E-state index in [9.17, 15) is 23.2 Å². The molecule has 2 heterocycles. The van der Waals surface area contributed by atoms with Crippen LogP contribution in [0.2, 0.25) is 0 Å². The first-order valence-electron chi connectivity index (χ1n) is 12.9. The lowest BCUT2D eigenvalue weighted by Crippen LogP contribution is -2.55. The highest BCUT2D eigenvalue weighted by molar-refractivity contribution is 6.03. The fraction of sp³-hybridized carbons (Fsp3) is 0.267. The Labute approximate surface area is 233 Å². The third-order valence-electron chi connectivity index (χ3n) is 7.58. The van der Waals surface area contributed by atoms with E-state index in [1.54, 1.807) is 12.3 Å². The van der Waals surface area contributed by atoms with E-state index in [2.05, 4.69) is 27.6 Å². The predicted molar refractivity (Wildman–Crippen MR) is 146 cm³/mol. The molecular formula is C30H26F4N6O. The number of aliphatic imine (C=N–C) groups is 1. The molecule has 5 rings (SSSR count). The summed E-state index contributed by atoms with van der Waals surface area (Å²) in [5.74, 6) is -1.49. The Morgan fingerprint density at radius 1 is 1.22 bits per heavy atom. The number of hydrogen-bond acceptors (Lipinski definition) is 5. The SMILES string of the molecule is CC1(C(N)(CCC2C=C2)c2ccc(F)c(NC(=O)c3cc(C(F)(F)F)nn3-c3cccc(C#N)c3)c2)CC=CC=N1. The lowest BCUT2D eigenvalue weighted by molar-refractivity contribution is -0.141. The number of alkyl halides is 3. The van der Waals surface area contributed by atoms with Crippen molar-refractivity contribution in [3.05, 3.63) is 101 Å². The van der Waals surface area contributed by atoms with Crippen LogP contribution >= 0.6 is 0 Å². The summed E-state index contributed by atoms with van der Waals surface area (Å²) in [5.41, 5.74) is 3.94.